The Labute approximate surface area is 65.3 Å². The van der Waals surface area contributed by atoms with Gasteiger partial charge < -0.3 is 0 Å². The van der Waals surface area contributed by atoms with E-state index in [4.69, 9.17) is 0 Å². The molecule has 0 spiro atoms. The van der Waals surface area contributed by atoms with E-state index >= 15 is 0 Å². The molecule has 0 aromatic heterocycles. The first kappa shape index (κ1) is 9.11. The zero-order chi connectivity index (χ0) is 2.71. The van der Waals surface area contributed by atoms with Crippen molar-refractivity contribution >= 4 is 56.9 Å². The predicted octanol–water partition coefficient (Wildman–Crippen LogP) is -1.48. The Morgan fingerprint density at radius 3 is 1.75 bits per heavy atom. The summed E-state index contributed by atoms with van der Waals surface area (Å²) in [6.45, 7) is 0. The van der Waals surface area contributed by atoms with Gasteiger partial charge in [0.1, 0.15) is 0 Å². The van der Waals surface area contributed by atoms with E-state index in [2.05, 4.69) is 4.86 Å². The first-order valence-electron chi connectivity index (χ1n) is 0.563. The van der Waals surface area contributed by atoms with E-state index in [1.807, 2.05) is 0 Å². The molecular weight excluding hydrogens is 183 g/mol. The van der Waals surface area contributed by atoms with Crippen molar-refractivity contribution in [3.05, 3.63) is 0 Å². The molecule has 0 aliphatic heterocycles. The van der Waals surface area contributed by atoms with Gasteiger partial charge in [-0.2, -0.15) is 0 Å². The van der Waals surface area contributed by atoms with Crippen molar-refractivity contribution in [1.29, 1.82) is 0 Å². The maximum absolute atomic E-state index is 9.79. The van der Waals surface area contributed by atoms with Gasteiger partial charge in [0, 0.05) is 0 Å². The Morgan fingerprint density at radius 2 is 1.75 bits per heavy atom. The quantitative estimate of drug-likeness (QED) is 0.420. The van der Waals surface area contributed by atoms with E-state index < -0.39 is 0 Å². The molecule has 1 nitrogen and oxygen atoms in total. The summed E-state index contributed by atoms with van der Waals surface area (Å²) < 4.78 is 9.79. The third-order valence-electron chi connectivity index (χ3n) is 0. The summed E-state index contributed by atoms with van der Waals surface area (Å²) in [6, 6.07) is 0. The van der Waals surface area contributed by atoms with Crippen LogP contribution in [-0.2, 0) is 4.86 Å². The maximum atomic E-state index is 9.79. The van der Waals surface area contributed by atoms with Crippen LogP contribution in [0.5, 0.6) is 0 Å². The van der Waals surface area contributed by atoms with Crippen molar-refractivity contribution in [2.24, 2.45) is 0 Å². The van der Waals surface area contributed by atoms with Gasteiger partial charge in [-0.05, 0) is 0 Å². The van der Waals surface area contributed by atoms with Gasteiger partial charge >= 0.3 is 56.9 Å². The van der Waals surface area contributed by atoms with Crippen LogP contribution in [0.4, 0.5) is 4.53 Å². The Morgan fingerprint density at radius 1 is 1.75 bits per heavy atom. The van der Waals surface area contributed by atoms with Crippen LogP contribution in [0.1, 0.15) is 0 Å². The first-order chi connectivity index (χ1) is 1.41. The molecule has 0 rings (SSSR count). The van der Waals surface area contributed by atoms with E-state index in [-0.39, 0.29) is 48.9 Å². The van der Waals surface area contributed by atoms with Gasteiger partial charge in [0.05, 0.1) is 0 Å². The van der Waals surface area contributed by atoms with Gasteiger partial charge in [0.25, 0.3) is 0 Å². The number of hydrogen-bond donors (Lipinski definition) is 0. The molecule has 4 heavy (non-hydrogen) atoms. The number of hydrogen-bond acceptors (Lipinski definition) is 1. The molecule has 0 N–H and O–H groups in total. The van der Waals surface area contributed by atoms with Crippen molar-refractivity contribution in [1.82, 2.24) is 0 Å². The summed E-state index contributed by atoms with van der Waals surface area (Å²) in [4.78, 5) is 2.75. The normalized spacial score (nSPS) is 4.25. The molecule has 0 saturated carbocycles. The Kier molecular flexibility index (Phi) is 20.1. The first-order valence-corrected chi connectivity index (χ1v) is 0.563. The molecule has 0 aromatic rings. The molecule has 0 aliphatic rings. The fourth-order valence-corrected chi connectivity index (χ4v) is 0. The van der Waals surface area contributed by atoms with Gasteiger partial charge in [-0.15, -0.1) is 0 Å². The van der Waals surface area contributed by atoms with Crippen LogP contribution in [0.15, 0.2) is 0 Å². The van der Waals surface area contributed by atoms with Crippen LogP contribution in [0, 0.1) is 0 Å². The van der Waals surface area contributed by atoms with Crippen LogP contribution in [0.25, 0.3) is 0 Å². The summed E-state index contributed by atoms with van der Waals surface area (Å²) >= 11 is 0. The second-order valence-electron chi connectivity index (χ2n) is 0.154. The average Bonchev–Trinajstić information content (AvgIpc) is 0.918. The van der Waals surface area contributed by atoms with E-state index in [0.717, 1.165) is 8.05 Å². The minimum atomic E-state index is 0. The Hall–Kier alpha value is 1.53. The molecule has 0 unspecified atom stereocenters. The van der Waals surface area contributed by atoms with Crippen LogP contribution in [-0.4, -0.2) is 56.9 Å². The molecule has 0 aromatic carbocycles. The second kappa shape index (κ2) is 8.82. The molecule has 0 radical (unpaired) electrons. The van der Waals surface area contributed by atoms with Crippen LogP contribution >= 0.6 is 0 Å². The summed E-state index contributed by atoms with van der Waals surface area (Å²) in [5, 5.41) is 0. The molecule has 4 heteroatoms. The SMILES string of the molecule is BOF.[BaH2]. The summed E-state index contributed by atoms with van der Waals surface area (Å²) in [5.74, 6) is 0. The van der Waals surface area contributed by atoms with Gasteiger partial charge in [-0.25, -0.2) is 0 Å². The standard InChI is InChI=1S/BFH2O.Ba.2H/c1-3-2;;;/h1H2;;;. The molecular formula is H4BBaFO. The summed E-state index contributed by atoms with van der Waals surface area (Å²) in [6.07, 6.45) is 0. The van der Waals surface area contributed by atoms with Crippen molar-refractivity contribution in [3.63, 3.8) is 0 Å². The molecule has 0 aliphatic carbocycles. The van der Waals surface area contributed by atoms with Gasteiger partial charge in [-0.1, -0.05) is 4.53 Å². The molecule has 0 amide bonds. The van der Waals surface area contributed by atoms with Crippen molar-refractivity contribution in [2.45, 2.75) is 0 Å². The fourth-order valence-electron chi connectivity index (χ4n) is 0. The van der Waals surface area contributed by atoms with Gasteiger partial charge in [-0.3, -0.25) is 4.86 Å². The van der Waals surface area contributed by atoms with Gasteiger partial charge in [0.2, 0.25) is 0 Å². The fraction of sp³-hybridized carbons (Fsp3) is 0. The van der Waals surface area contributed by atoms with E-state index in [0.29, 0.717) is 0 Å². The average molecular weight is 187 g/mol. The van der Waals surface area contributed by atoms with Crippen molar-refractivity contribution in [2.75, 3.05) is 0 Å². The van der Waals surface area contributed by atoms with E-state index in [1.54, 1.807) is 0 Å². The molecule has 22 valence electrons. The predicted molar refractivity (Wildman–Crippen MR) is 19.3 cm³/mol. The zero-order valence-electron chi connectivity index (χ0n) is 1.79. The van der Waals surface area contributed by atoms with Crippen molar-refractivity contribution in [3.8, 4) is 0 Å². The van der Waals surface area contributed by atoms with E-state index in [9.17, 15) is 4.53 Å². The topological polar surface area (TPSA) is 9.23 Å². The van der Waals surface area contributed by atoms with Crippen LogP contribution in [0.2, 0.25) is 0 Å². The van der Waals surface area contributed by atoms with E-state index in [1.165, 1.54) is 0 Å². The number of halogens is 1. The molecule has 0 bridgehead atoms. The molecule has 0 atom stereocenters. The monoisotopic (exact) mass is 188 g/mol. The van der Waals surface area contributed by atoms with Crippen molar-refractivity contribution < 1.29 is 9.39 Å². The third-order valence-corrected chi connectivity index (χ3v) is 0. The Balaban J connectivity index is 0. The molecule has 0 heterocycles. The Bertz CT molecular complexity index is 8.00. The zero-order valence-corrected chi connectivity index (χ0v) is 1.79. The minimum absolute atomic E-state index is 0. The summed E-state index contributed by atoms with van der Waals surface area (Å²) in [7, 11) is 0.958. The molecule has 0 fully saturated rings. The van der Waals surface area contributed by atoms with Crippen LogP contribution < -0.4 is 0 Å². The third kappa shape index (κ3) is 9.66. The van der Waals surface area contributed by atoms with Gasteiger partial charge in [0.15, 0.2) is 0 Å². The van der Waals surface area contributed by atoms with Crippen LogP contribution in [0.3, 0.4) is 0 Å². The molecule has 0 saturated heterocycles. The second-order valence-corrected chi connectivity index (χ2v) is 0.154. The summed E-state index contributed by atoms with van der Waals surface area (Å²) in [5.41, 5.74) is 0. The number of rotatable bonds is 0.